The van der Waals surface area contributed by atoms with Crippen molar-refractivity contribution in [3.8, 4) is 11.3 Å². The van der Waals surface area contributed by atoms with Crippen molar-refractivity contribution >= 4 is 17.6 Å². The van der Waals surface area contributed by atoms with Crippen molar-refractivity contribution in [2.45, 2.75) is 26.4 Å². The molecule has 0 saturated carbocycles. The Morgan fingerprint density at radius 1 is 1.35 bits per heavy atom. The van der Waals surface area contributed by atoms with Crippen LogP contribution in [0.25, 0.3) is 11.3 Å². The molecule has 4 N–H and O–H groups in total. The van der Waals surface area contributed by atoms with Gasteiger partial charge in [0.15, 0.2) is 0 Å². The number of hydrogen-bond donors (Lipinski definition) is 3. The van der Waals surface area contributed by atoms with Crippen LogP contribution in [0.2, 0.25) is 0 Å². The molecule has 1 amide bonds. The molecule has 0 atom stereocenters. The number of nitrogens with one attached hydrogen (secondary N) is 2. The van der Waals surface area contributed by atoms with Gasteiger partial charge in [0.2, 0.25) is 0 Å². The standard InChI is InChI=1S/C14H18N4O2/c1-14(2,3)20-13(19)16-10-6-4-5-9(7-10)11-8-12(15)18-17-11/h4-8H,1-3H3,(H,16,19)(H3,15,17,18). The fourth-order valence-corrected chi connectivity index (χ4v) is 1.67. The zero-order chi connectivity index (χ0) is 14.8. The van der Waals surface area contributed by atoms with E-state index >= 15 is 0 Å². The van der Waals surface area contributed by atoms with E-state index in [1.165, 1.54) is 0 Å². The fraction of sp³-hybridized carbons (Fsp3) is 0.286. The van der Waals surface area contributed by atoms with Gasteiger partial charge < -0.3 is 10.5 Å². The molecular formula is C14H18N4O2. The summed E-state index contributed by atoms with van der Waals surface area (Å²) in [4.78, 5) is 11.7. The number of carbonyl (C=O) groups is 1. The number of rotatable bonds is 2. The van der Waals surface area contributed by atoms with E-state index < -0.39 is 11.7 Å². The van der Waals surface area contributed by atoms with E-state index in [1.54, 1.807) is 12.1 Å². The third-order valence-electron chi connectivity index (χ3n) is 2.42. The Kier molecular flexibility index (Phi) is 3.65. The lowest BCUT2D eigenvalue weighted by atomic mass is 10.1. The minimum Gasteiger partial charge on any atom is -0.444 e. The van der Waals surface area contributed by atoms with Gasteiger partial charge in [-0.3, -0.25) is 10.4 Å². The largest absolute Gasteiger partial charge is 0.444 e. The number of anilines is 2. The molecule has 1 aromatic carbocycles. The fourth-order valence-electron chi connectivity index (χ4n) is 1.67. The van der Waals surface area contributed by atoms with Crippen molar-refractivity contribution in [1.29, 1.82) is 0 Å². The van der Waals surface area contributed by atoms with E-state index in [4.69, 9.17) is 10.5 Å². The molecular weight excluding hydrogens is 256 g/mol. The molecule has 0 bridgehead atoms. The molecule has 2 aromatic rings. The molecule has 1 heterocycles. The van der Waals surface area contributed by atoms with Crippen LogP contribution in [0, 0.1) is 0 Å². The number of nitrogen functional groups attached to an aromatic ring is 1. The van der Waals surface area contributed by atoms with Crippen LogP contribution in [-0.4, -0.2) is 21.9 Å². The van der Waals surface area contributed by atoms with Crippen molar-refractivity contribution in [3.63, 3.8) is 0 Å². The molecule has 0 radical (unpaired) electrons. The first-order valence-electron chi connectivity index (χ1n) is 6.25. The minimum absolute atomic E-state index is 0.422. The number of benzene rings is 1. The highest BCUT2D eigenvalue weighted by molar-refractivity contribution is 5.86. The first-order valence-corrected chi connectivity index (χ1v) is 6.25. The zero-order valence-corrected chi connectivity index (χ0v) is 11.7. The van der Waals surface area contributed by atoms with Crippen molar-refractivity contribution in [1.82, 2.24) is 10.2 Å². The van der Waals surface area contributed by atoms with E-state index in [-0.39, 0.29) is 0 Å². The number of nitrogens with two attached hydrogens (primary N) is 1. The Morgan fingerprint density at radius 2 is 2.10 bits per heavy atom. The Labute approximate surface area is 117 Å². The summed E-state index contributed by atoms with van der Waals surface area (Å²) in [6.07, 6.45) is -0.487. The van der Waals surface area contributed by atoms with Crippen LogP contribution in [0.15, 0.2) is 30.3 Å². The second-order valence-corrected chi connectivity index (χ2v) is 5.41. The first-order chi connectivity index (χ1) is 9.33. The number of aromatic amines is 1. The van der Waals surface area contributed by atoms with Gasteiger partial charge in [0, 0.05) is 17.3 Å². The van der Waals surface area contributed by atoms with Crippen LogP contribution < -0.4 is 11.1 Å². The monoisotopic (exact) mass is 274 g/mol. The van der Waals surface area contributed by atoms with Gasteiger partial charge in [-0.2, -0.15) is 5.10 Å². The quantitative estimate of drug-likeness (QED) is 0.784. The van der Waals surface area contributed by atoms with Gasteiger partial charge in [0.1, 0.15) is 11.4 Å². The number of nitrogens with zero attached hydrogens (tertiary/aromatic N) is 1. The Balaban J connectivity index is 2.12. The Bertz CT molecular complexity index is 614. The van der Waals surface area contributed by atoms with Gasteiger partial charge in [-0.05, 0) is 32.9 Å². The molecule has 6 heteroatoms. The smallest absolute Gasteiger partial charge is 0.412 e. The zero-order valence-electron chi connectivity index (χ0n) is 11.7. The molecule has 0 aliphatic heterocycles. The summed E-state index contributed by atoms with van der Waals surface area (Å²) in [6.45, 7) is 5.45. The predicted octanol–water partition coefficient (Wildman–Crippen LogP) is 3.01. The van der Waals surface area contributed by atoms with Crippen LogP contribution in [0.5, 0.6) is 0 Å². The molecule has 20 heavy (non-hydrogen) atoms. The van der Waals surface area contributed by atoms with Crippen molar-refractivity contribution in [3.05, 3.63) is 30.3 Å². The van der Waals surface area contributed by atoms with Crippen molar-refractivity contribution < 1.29 is 9.53 Å². The molecule has 6 nitrogen and oxygen atoms in total. The van der Waals surface area contributed by atoms with Crippen LogP contribution in [0.3, 0.4) is 0 Å². The van der Waals surface area contributed by atoms with Crippen molar-refractivity contribution in [2.24, 2.45) is 0 Å². The molecule has 106 valence electrons. The SMILES string of the molecule is CC(C)(C)OC(=O)Nc1cccc(-c2cc(N)n[nH]2)c1. The lowest BCUT2D eigenvalue weighted by molar-refractivity contribution is 0.0636. The summed E-state index contributed by atoms with van der Waals surface area (Å²) in [5.41, 5.74) is 7.35. The Hall–Kier alpha value is -2.50. The number of aromatic nitrogens is 2. The minimum atomic E-state index is -0.528. The lowest BCUT2D eigenvalue weighted by Gasteiger charge is -2.19. The third kappa shape index (κ3) is 3.74. The summed E-state index contributed by atoms with van der Waals surface area (Å²) in [6, 6.07) is 9.06. The van der Waals surface area contributed by atoms with Gasteiger partial charge >= 0.3 is 6.09 Å². The molecule has 0 spiro atoms. The van der Waals surface area contributed by atoms with Crippen LogP contribution in [-0.2, 0) is 4.74 Å². The summed E-state index contributed by atoms with van der Waals surface area (Å²) in [5.74, 6) is 0.422. The predicted molar refractivity (Wildman–Crippen MR) is 78.3 cm³/mol. The van der Waals surface area contributed by atoms with Crippen LogP contribution >= 0.6 is 0 Å². The average molecular weight is 274 g/mol. The average Bonchev–Trinajstić information content (AvgIpc) is 2.73. The number of amides is 1. The number of H-pyrrole nitrogens is 1. The Morgan fingerprint density at radius 3 is 2.70 bits per heavy atom. The summed E-state index contributed by atoms with van der Waals surface area (Å²) in [7, 11) is 0. The molecule has 1 aromatic heterocycles. The van der Waals surface area contributed by atoms with Crippen LogP contribution in [0.1, 0.15) is 20.8 Å². The summed E-state index contributed by atoms with van der Waals surface area (Å²) in [5, 5.41) is 9.38. The van der Waals surface area contributed by atoms with Gasteiger partial charge in [0.05, 0.1) is 5.69 Å². The summed E-state index contributed by atoms with van der Waals surface area (Å²) < 4.78 is 5.20. The van der Waals surface area contributed by atoms with Crippen molar-refractivity contribution in [2.75, 3.05) is 11.1 Å². The maximum absolute atomic E-state index is 11.7. The maximum Gasteiger partial charge on any atom is 0.412 e. The number of hydrogen-bond acceptors (Lipinski definition) is 4. The number of ether oxygens (including phenoxy) is 1. The molecule has 2 rings (SSSR count). The van der Waals surface area contributed by atoms with E-state index in [9.17, 15) is 4.79 Å². The molecule has 0 unspecified atom stereocenters. The summed E-state index contributed by atoms with van der Waals surface area (Å²) >= 11 is 0. The van der Waals surface area contributed by atoms with E-state index in [0.717, 1.165) is 11.3 Å². The van der Waals surface area contributed by atoms with E-state index in [0.29, 0.717) is 11.5 Å². The topological polar surface area (TPSA) is 93.0 Å². The second kappa shape index (κ2) is 5.24. The van der Waals surface area contributed by atoms with E-state index in [1.807, 2.05) is 39.0 Å². The molecule has 0 saturated heterocycles. The highest BCUT2D eigenvalue weighted by Gasteiger charge is 2.16. The molecule has 0 fully saturated rings. The molecule has 0 aliphatic carbocycles. The van der Waals surface area contributed by atoms with Gasteiger partial charge in [-0.15, -0.1) is 0 Å². The normalized spacial score (nSPS) is 11.2. The van der Waals surface area contributed by atoms with E-state index in [2.05, 4.69) is 15.5 Å². The van der Waals surface area contributed by atoms with Crippen LogP contribution in [0.4, 0.5) is 16.3 Å². The number of carbonyl (C=O) groups excluding carboxylic acids is 1. The van der Waals surface area contributed by atoms with Gasteiger partial charge in [0.25, 0.3) is 0 Å². The highest BCUT2D eigenvalue weighted by Crippen LogP contribution is 2.22. The molecule has 0 aliphatic rings. The highest BCUT2D eigenvalue weighted by atomic mass is 16.6. The lowest BCUT2D eigenvalue weighted by Crippen LogP contribution is -2.27. The van der Waals surface area contributed by atoms with Gasteiger partial charge in [-0.1, -0.05) is 12.1 Å². The maximum atomic E-state index is 11.7. The van der Waals surface area contributed by atoms with Gasteiger partial charge in [-0.25, -0.2) is 4.79 Å². The second-order valence-electron chi connectivity index (χ2n) is 5.41. The first kappa shape index (κ1) is 13.9. The third-order valence-corrected chi connectivity index (χ3v) is 2.42.